The van der Waals surface area contributed by atoms with Gasteiger partial charge in [-0.15, -0.1) is 0 Å². The third-order valence-corrected chi connectivity index (χ3v) is 3.84. The predicted octanol–water partition coefficient (Wildman–Crippen LogP) is 4.54. The molecule has 19 heavy (non-hydrogen) atoms. The van der Waals surface area contributed by atoms with E-state index in [2.05, 4.69) is 13.8 Å². The van der Waals surface area contributed by atoms with Gasteiger partial charge in [0.05, 0.1) is 5.92 Å². The smallest absolute Gasteiger partial charge is 0.306 e. The Morgan fingerprint density at radius 3 is 2.42 bits per heavy atom. The fourth-order valence-corrected chi connectivity index (χ4v) is 2.55. The molecule has 0 aliphatic heterocycles. The summed E-state index contributed by atoms with van der Waals surface area (Å²) in [7, 11) is 0. The molecule has 1 rings (SSSR count). The van der Waals surface area contributed by atoms with Crippen LogP contribution in [0.2, 0.25) is 0 Å². The Labute approximate surface area is 116 Å². The molecule has 1 N–H and O–H groups in total. The van der Waals surface area contributed by atoms with Crippen LogP contribution in [0.1, 0.15) is 51.5 Å². The Morgan fingerprint density at radius 1 is 1.21 bits per heavy atom. The van der Waals surface area contributed by atoms with Crippen LogP contribution in [-0.4, -0.2) is 11.1 Å². The van der Waals surface area contributed by atoms with Gasteiger partial charge in [0.2, 0.25) is 0 Å². The highest BCUT2D eigenvalue weighted by molar-refractivity contribution is 5.70. The Kier molecular flexibility index (Phi) is 7.24. The molecular weight excluding hydrogens is 236 g/mol. The molecule has 0 spiro atoms. The van der Waals surface area contributed by atoms with Gasteiger partial charge in [-0.25, -0.2) is 0 Å². The summed E-state index contributed by atoms with van der Waals surface area (Å²) < 4.78 is 0. The maximum Gasteiger partial charge on any atom is 0.306 e. The third-order valence-electron chi connectivity index (χ3n) is 3.84. The van der Waals surface area contributed by atoms with E-state index in [0.29, 0.717) is 12.3 Å². The van der Waals surface area contributed by atoms with E-state index >= 15 is 0 Å². The molecule has 2 heteroatoms. The zero-order valence-electron chi connectivity index (χ0n) is 12.1. The van der Waals surface area contributed by atoms with Gasteiger partial charge in [-0.3, -0.25) is 4.79 Å². The van der Waals surface area contributed by atoms with Crippen molar-refractivity contribution in [3.8, 4) is 0 Å². The van der Waals surface area contributed by atoms with Crippen molar-refractivity contribution in [3.05, 3.63) is 35.9 Å². The Hall–Kier alpha value is -1.31. The number of hydrogen-bond donors (Lipinski definition) is 1. The van der Waals surface area contributed by atoms with Crippen molar-refractivity contribution in [1.82, 2.24) is 0 Å². The molecule has 0 radical (unpaired) electrons. The first-order valence-corrected chi connectivity index (χ1v) is 7.44. The van der Waals surface area contributed by atoms with Crippen LogP contribution in [0.5, 0.6) is 0 Å². The summed E-state index contributed by atoms with van der Waals surface area (Å²) in [5, 5.41) is 9.40. The molecule has 2 unspecified atom stereocenters. The first-order valence-electron chi connectivity index (χ1n) is 7.44. The number of carboxylic acids is 1. The van der Waals surface area contributed by atoms with E-state index in [4.69, 9.17) is 0 Å². The van der Waals surface area contributed by atoms with Crippen molar-refractivity contribution < 1.29 is 9.90 Å². The molecule has 1 aromatic rings. The van der Waals surface area contributed by atoms with Crippen LogP contribution >= 0.6 is 0 Å². The van der Waals surface area contributed by atoms with E-state index in [1.807, 2.05) is 30.3 Å². The topological polar surface area (TPSA) is 37.3 Å². The number of unbranched alkanes of at least 4 members (excludes halogenated alkanes) is 1. The van der Waals surface area contributed by atoms with Crippen molar-refractivity contribution >= 4 is 5.97 Å². The number of benzene rings is 1. The lowest BCUT2D eigenvalue weighted by Crippen LogP contribution is -2.20. The van der Waals surface area contributed by atoms with Crippen LogP contribution in [0.3, 0.4) is 0 Å². The molecule has 1 aromatic carbocycles. The van der Waals surface area contributed by atoms with Crippen molar-refractivity contribution in [3.63, 3.8) is 0 Å². The maximum atomic E-state index is 11.4. The highest BCUT2D eigenvalue weighted by atomic mass is 16.4. The van der Waals surface area contributed by atoms with Gasteiger partial charge in [-0.05, 0) is 24.3 Å². The second kappa shape index (κ2) is 8.73. The molecule has 0 aliphatic rings. The van der Waals surface area contributed by atoms with Crippen molar-refractivity contribution in [2.24, 2.45) is 11.8 Å². The lowest BCUT2D eigenvalue weighted by molar-refractivity contribution is -0.142. The average molecular weight is 262 g/mol. The molecule has 0 aliphatic carbocycles. The quantitative estimate of drug-likeness (QED) is 0.709. The molecular formula is C17H26O2. The normalized spacial score (nSPS) is 14.0. The summed E-state index contributed by atoms with van der Waals surface area (Å²) in [4.78, 5) is 11.4. The van der Waals surface area contributed by atoms with Crippen LogP contribution in [0, 0.1) is 11.8 Å². The average Bonchev–Trinajstić information content (AvgIpc) is 2.43. The SMILES string of the molecule is CCCCC(CC)CC(Cc1ccccc1)C(=O)O. The Bertz CT molecular complexity index is 359. The van der Waals surface area contributed by atoms with Gasteiger partial charge in [0.1, 0.15) is 0 Å². The van der Waals surface area contributed by atoms with E-state index in [1.165, 1.54) is 12.8 Å². The van der Waals surface area contributed by atoms with E-state index in [-0.39, 0.29) is 5.92 Å². The largest absolute Gasteiger partial charge is 0.481 e. The first kappa shape index (κ1) is 15.7. The summed E-state index contributed by atoms with van der Waals surface area (Å²) in [6.45, 7) is 4.35. The number of carbonyl (C=O) groups is 1. The van der Waals surface area contributed by atoms with Crippen LogP contribution in [0.15, 0.2) is 30.3 Å². The minimum atomic E-state index is -0.654. The van der Waals surface area contributed by atoms with Crippen molar-refractivity contribution in [2.45, 2.75) is 52.4 Å². The maximum absolute atomic E-state index is 11.4. The minimum absolute atomic E-state index is 0.246. The van der Waals surface area contributed by atoms with Crippen molar-refractivity contribution in [2.75, 3.05) is 0 Å². The van der Waals surface area contributed by atoms with E-state index in [9.17, 15) is 9.90 Å². The molecule has 2 atom stereocenters. The molecule has 0 saturated carbocycles. The molecule has 0 fully saturated rings. The van der Waals surface area contributed by atoms with Gasteiger partial charge in [-0.2, -0.15) is 0 Å². The lowest BCUT2D eigenvalue weighted by Gasteiger charge is -2.19. The highest BCUT2D eigenvalue weighted by Gasteiger charge is 2.21. The third kappa shape index (κ3) is 5.91. The van der Waals surface area contributed by atoms with E-state index in [0.717, 1.165) is 24.8 Å². The Morgan fingerprint density at radius 2 is 1.89 bits per heavy atom. The summed E-state index contributed by atoms with van der Waals surface area (Å²) in [5.74, 6) is -0.354. The number of hydrogen-bond acceptors (Lipinski definition) is 1. The predicted molar refractivity (Wildman–Crippen MR) is 79.2 cm³/mol. The van der Waals surface area contributed by atoms with E-state index in [1.54, 1.807) is 0 Å². The molecule has 2 nitrogen and oxygen atoms in total. The molecule has 0 saturated heterocycles. The monoisotopic (exact) mass is 262 g/mol. The summed E-state index contributed by atoms with van der Waals surface area (Å²) in [5.41, 5.74) is 1.13. The van der Waals surface area contributed by atoms with Gasteiger partial charge in [0, 0.05) is 0 Å². The lowest BCUT2D eigenvalue weighted by atomic mass is 9.85. The minimum Gasteiger partial charge on any atom is -0.481 e. The number of rotatable bonds is 9. The first-order chi connectivity index (χ1) is 9.17. The molecule has 0 amide bonds. The summed E-state index contributed by atoms with van der Waals surface area (Å²) >= 11 is 0. The van der Waals surface area contributed by atoms with Crippen LogP contribution in [0.25, 0.3) is 0 Å². The molecule has 0 aromatic heterocycles. The van der Waals surface area contributed by atoms with Crippen LogP contribution in [0.4, 0.5) is 0 Å². The zero-order chi connectivity index (χ0) is 14.1. The van der Waals surface area contributed by atoms with Gasteiger partial charge in [0.15, 0.2) is 0 Å². The summed E-state index contributed by atoms with van der Waals surface area (Å²) in [6.07, 6.45) is 6.09. The standard InChI is InChI=1S/C17H26O2/c1-3-5-9-14(4-2)12-16(17(18)19)13-15-10-7-6-8-11-15/h6-8,10-11,14,16H,3-5,9,12-13H2,1-2H3,(H,18,19). The van der Waals surface area contributed by atoms with Gasteiger partial charge < -0.3 is 5.11 Å². The number of carboxylic acid groups (broad SMARTS) is 1. The molecule has 0 bridgehead atoms. The Balaban J connectivity index is 2.59. The second-order valence-electron chi connectivity index (χ2n) is 5.38. The second-order valence-corrected chi connectivity index (χ2v) is 5.38. The highest BCUT2D eigenvalue weighted by Crippen LogP contribution is 2.24. The fraction of sp³-hybridized carbons (Fsp3) is 0.588. The van der Waals surface area contributed by atoms with Gasteiger partial charge in [-0.1, -0.05) is 69.9 Å². The summed E-state index contributed by atoms with van der Waals surface area (Å²) in [6, 6.07) is 9.95. The zero-order valence-corrected chi connectivity index (χ0v) is 12.1. The molecule has 0 heterocycles. The van der Waals surface area contributed by atoms with Crippen molar-refractivity contribution in [1.29, 1.82) is 0 Å². The molecule has 106 valence electrons. The number of aliphatic carboxylic acids is 1. The van der Waals surface area contributed by atoms with Crippen LogP contribution < -0.4 is 0 Å². The fourth-order valence-electron chi connectivity index (χ4n) is 2.55. The van der Waals surface area contributed by atoms with E-state index < -0.39 is 5.97 Å². The van der Waals surface area contributed by atoms with Gasteiger partial charge >= 0.3 is 5.97 Å². The van der Waals surface area contributed by atoms with Gasteiger partial charge in [0.25, 0.3) is 0 Å². The van der Waals surface area contributed by atoms with Crippen LogP contribution in [-0.2, 0) is 11.2 Å².